The molecule has 0 bridgehead atoms. The largest absolute Gasteiger partial charge is 0.302 e. The van der Waals surface area contributed by atoms with Crippen molar-refractivity contribution in [3.05, 3.63) is 71.8 Å². The van der Waals surface area contributed by atoms with Crippen LogP contribution in [0.25, 0.3) is 0 Å². The van der Waals surface area contributed by atoms with Crippen LogP contribution in [0.15, 0.2) is 60.7 Å². The van der Waals surface area contributed by atoms with Crippen molar-refractivity contribution in [2.45, 2.75) is 31.6 Å². The second-order valence-electron chi connectivity index (χ2n) is 6.40. The van der Waals surface area contributed by atoms with E-state index in [0.717, 1.165) is 6.54 Å². The van der Waals surface area contributed by atoms with Gasteiger partial charge in [-0.1, -0.05) is 74.0 Å². The predicted octanol–water partition coefficient (Wildman–Crippen LogP) is 4.48. The average molecular weight is 279 g/mol. The van der Waals surface area contributed by atoms with Crippen LogP contribution in [0.4, 0.5) is 0 Å². The lowest BCUT2D eigenvalue weighted by molar-refractivity contribution is 0.197. The molecule has 21 heavy (non-hydrogen) atoms. The van der Waals surface area contributed by atoms with E-state index in [1.54, 1.807) is 0 Å². The van der Waals surface area contributed by atoms with E-state index < -0.39 is 0 Å². The lowest BCUT2D eigenvalue weighted by Gasteiger charge is -2.38. The van der Waals surface area contributed by atoms with E-state index in [4.69, 9.17) is 0 Å². The summed E-state index contributed by atoms with van der Waals surface area (Å²) in [5.74, 6) is 0. The van der Waals surface area contributed by atoms with Gasteiger partial charge < -0.3 is 4.90 Å². The number of hydrogen-bond acceptors (Lipinski definition) is 1. The van der Waals surface area contributed by atoms with E-state index in [0.29, 0.717) is 0 Å². The molecule has 1 heteroatoms. The summed E-state index contributed by atoms with van der Waals surface area (Å²) in [4.78, 5) is 2.64. The topological polar surface area (TPSA) is 3.24 Å². The summed E-state index contributed by atoms with van der Waals surface area (Å²) in [6, 6.07) is 22.0. The van der Waals surface area contributed by atoms with Crippen molar-refractivity contribution in [3.8, 4) is 0 Å². The fourth-order valence-electron chi connectivity index (χ4n) is 3.53. The normalized spacial score (nSPS) is 16.8. The maximum absolute atomic E-state index is 2.64. The zero-order chi connectivity index (χ0) is 14.5. The summed E-state index contributed by atoms with van der Waals surface area (Å²) < 4.78 is 0. The summed E-state index contributed by atoms with van der Waals surface area (Å²) in [5.41, 5.74) is 2.91. The molecule has 2 aromatic rings. The second kappa shape index (κ2) is 6.44. The lowest BCUT2D eigenvalue weighted by atomic mass is 9.75. The summed E-state index contributed by atoms with van der Waals surface area (Å²) in [7, 11) is 0. The van der Waals surface area contributed by atoms with Crippen LogP contribution >= 0.6 is 0 Å². The predicted molar refractivity (Wildman–Crippen MR) is 89.6 cm³/mol. The summed E-state index contributed by atoms with van der Waals surface area (Å²) in [6.07, 6.45) is 4.09. The minimum absolute atomic E-state index is 0.0693. The maximum Gasteiger partial charge on any atom is 0.0301 e. The van der Waals surface area contributed by atoms with Crippen molar-refractivity contribution < 1.29 is 0 Å². The molecule has 0 aliphatic carbocycles. The third-order valence-corrected chi connectivity index (χ3v) is 4.81. The van der Waals surface area contributed by atoms with Gasteiger partial charge in [0.25, 0.3) is 0 Å². The number of likely N-dealkylation sites (tertiary alicyclic amines) is 1. The Morgan fingerprint density at radius 3 is 1.71 bits per heavy atom. The molecule has 0 aromatic heterocycles. The molecular formula is C20H25N. The van der Waals surface area contributed by atoms with Gasteiger partial charge in [0.05, 0.1) is 0 Å². The number of nitrogens with zero attached hydrogens (tertiary/aromatic N) is 1. The standard InChI is InChI=1S/C20H25N/c1-20(18-11-5-2-6-12-18,19-13-7-3-8-14-19)17-21-15-9-4-10-16-21/h2-3,5-8,11-14H,4,9-10,15-17H2,1H3. The van der Waals surface area contributed by atoms with Gasteiger partial charge in [0.1, 0.15) is 0 Å². The van der Waals surface area contributed by atoms with E-state index >= 15 is 0 Å². The zero-order valence-corrected chi connectivity index (χ0v) is 13.0. The van der Waals surface area contributed by atoms with Gasteiger partial charge in [-0.25, -0.2) is 0 Å². The van der Waals surface area contributed by atoms with E-state index in [1.807, 2.05) is 0 Å². The second-order valence-corrected chi connectivity index (χ2v) is 6.40. The Morgan fingerprint density at radius 1 is 0.762 bits per heavy atom. The van der Waals surface area contributed by atoms with Gasteiger partial charge in [-0.15, -0.1) is 0 Å². The van der Waals surface area contributed by atoms with Gasteiger partial charge in [-0.3, -0.25) is 0 Å². The molecule has 1 aliphatic heterocycles. The fraction of sp³-hybridized carbons (Fsp3) is 0.400. The first kappa shape index (κ1) is 14.3. The highest BCUT2D eigenvalue weighted by molar-refractivity contribution is 5.38. The van der Waals surface area contributed by atoms with Gasteiger partial charge in [0.2, 0.25) is 0 Å². The average Bonchev–Trinajstić information content (AvgIpc) is 2.57. The van der Waals surface area contributed by atoms with Gasteiger partial charge in [0.15, 0.2) is 0 Å². The van der Waals surface area contributed by atoms with E-state index in [-0.39, 0.29) is 5.41 Å². The zero-order valence-electron chi connectivity index (χ0n) is 13.0. The number of rotatable bonds is 4. The molecule has 1 saturated heterocycles. The summed E-state index contributed by atoms with van der Waals surface area (Å²) in [6.45, 7) is 6.00. The Balaban J connectivity index is 1.94. The molecule has 3 rings (SSSR count). The van der Waals surface area contributed by atoms with Crippen molar-refractivity contribution in [2.75, 3.05) is 19.6 Å². The molecule has 0 saturated carbocycles. The smallest absolute Gasteiger partial charge is 0.0301 e. The van der Waals surface area contributed by atoms with Gasteiger partial charge in [-0.05, 0) is 37.1 Å². The monoisotopic (exact) mass is 279 g/mol. The van der Waals surface area contributed by atoms with E-state index in [9.17, 15) is 0 Å². The van der Waals surface area contributed by atoms with E-state index in [2.05, 4.69) is 72.5 Å². The summed E-state index contributed by atoms with van der Waals surface area (Å²) in [5, 5.41) is 0. The lowest BCUT2D eigenvalue weighted by Crippen LogP contribution is -2.42. The number of hydrogen-bond donors (Lipinski definition) is 0. The highest BCUT2D eigenvalue weighted by Gasteiger charge is 2.31. The molecule has 110 valence electrons. The highest BCUT2D eigenvalue weighted by Crippen LogP contribution is 2.33. The third kappa shape index (κ3) is 3.19. The molecule has 1 heterocycles. The van der Waals surface area contributed by atoms with Crippen LogP contribution in [0, 0.1) is 0 Å². The first-order valence-electron chi connectivity index (χ1n) is 8.12. The maximum atomic E-state index is 2.64. The Labute approximate surface area is 128 Å². The Kier molecular flexibility index (Phi) is 4.40. The van der Waals surface area contributed by atoms with Crippen molar-refractivity contribution in [1.29, 1.82) is 0 Å². The molecule has 1 fully saturated rings. The van der Waals surface area contributed by atoms with Crippen molar-refractivity contribution >= 4 is 0 Å². The highest BCUT2D eigenvalue weighted by atomic mass is 15.1. The van der Waals surface area contributed by atoms with Crippen molar-refractivity contribution in [2.24, 2.45) is 0 Å². The molecule has 1 nitrogen and oxygen atoms in total. The van der Waals surface area contributed by atoms with Crippen molar-refractivity contribution in [1.82, 2.24) is 4.90 Å². The molecule has 0 radical (unpaired) electrons. The number of benzene rings is 2. The van der Waals surface area contributed by atoms with Gasteiger partial charge in [0, 0.05) is 12.0 Å². The summed E-state index contributed by atoms with van der Waals surface area (Å²) >= 11 is 0. The van der Waals surface area contributed by atoms with Crippen molar-refractivity contribution in [3.63, 3.8) is 0 Å². The molecule has 0 atom stereocenters. The SMILES string of the molecule is CC(CN1CCCCC1)(c1ccccc1)c1ccccc1. The van der Waals surface area contributed by atoms with Crippen LogP contribution in [-0.2, 0) is 5.41 Å². The Hall–Kier alpha value is -1.60. The Bertz CT molecular complexity index is 501. The molecule has 2 aromatic carbocycles. The van der Waals surface area contributed by atoms with Gasteiger partial charge in [-0.2, -0.15) is 0 Å². The molecule has 1 aliphatic rings. The van der Waals surface area contributed by atoms with Crippen LogP contribution in [0.3, 0.4) is 0 Å². The minimum atomic E-state index is 0.0693. The van der Waals surface area contributed by atoms with Crippen LogP contribution in [0.2, 0.25) is 0 Å². The van der Waals surface area contributed by atoms with Gasteiger partial charge >= 0.3 is 0 Å². The molecule has 0 unspecified atom stereocenters. The molecular weight excluding hydrogens is 254 g/mol. The van der Waals surface area contributed by atoms with Crippen LogP contribution in [0.1, 0.15) is 37.3 Å². The Morgan fingerprint density at radius 2 is 1.24 bits per heavy atom. The first-order valence-corrected chi connectivity index (χ1v) is 8.12. The van der Waals surface area contributed by atoms with Crippen LogP contribution < -0.4 is 0 Å². The molecule has 0 spiro atoms. The first-order chi connectivity index (χ1) is 10.3. The van der Waals surface area contributed by atoms with E-state index in [1.165, 1.54) is 43.5 Å². The minimum Gasteiger partial charge on any atom is -0.302 e. The fourth-order valence-corrected chi connectivity index (χ4v) is 3.53. The molecule has 0 N–H and O–H groups in total. The van der Waals surface area contributed by atoms with Crippen LogP contribution in [-0.4, -0.2) is 24.5 Å². The quantitative estimate of drug-likeness (QED) is 0.797. The number of piperidine rings is 1. The molecule has 0 amide bonds. The third-order valence-electron chi connectivity index (χ3n) is 4.81. The van der Waals surface area contributed by atoms with Crippen LogP contribution in [0.5, 0.6) is 0 Å².